The number of nitrogens with zero attached hydrogens (tertiary/aromatic N) is 2. The Morgan fingerprint density at radius 3 is 2.67 bits per heavy atom. The molecule has 126 valence electrons. The fourth-order valence-corrected chi connectivity index (χ4v) is 2.76. The first-order valence-corrected chi connectivity index (χ1v) is 7.99. The minimum Gasteiger partial charge on any atom is -0.441 e. The summed E-state index contributed by atoms with van der Waals surface area (Å²) in [4.78, 5) is 6.52. The van der Waals surface area contributed by atoms with Crippen LogP contribution >= 0.6 is 0 Å². The molecule has 0 fully saturated rings. The maximum Gasteiger partial charge on any atom is 0.226 e. The molecule has 3 rings (SSSR count). The highest BCUT2D eigenvalue weighted by Crippen LogP contribution is 2.26. The number of fused-ring (bicyclic) bond motifs is 1. The molecule has 0 unspecified atom stereocenters. The molecule has 1 aromatic heterocycles. The minimum absolute atomic E-state index is 0.246. The van der Waals surface area contributed by atoms with Gasteiger partial charge in [0.2, 0.25) is 5.89 Å². The van der Waals surface area contributed by atoms with E-state index in [-0.39, 0.29) is 6.61 Å². The van der Waals surface area contributed by atoms with Crippen molar-refractivity contribution >= 4 is 10.8 Å². The third-order valence-corrected chi connectivity index (χ3v) is 4.04. The quantitative estimate of drug-likeness (QED) is 0.729. The molecule has 1 heterocycles. The summed E-state index contributed by atoms with van der Waals surface area (Å²) in [6, 6.07) is 14.3. The molecule has 0 spiro atoms. The van der Waals surface area contributed by atoms with Crippen LogP contribution in [0.1, 0.15) is 11.5 Å². The van der Waals surface area contributed by atoms with Crippen LogP contribution in [0.2, 0.25) is 0 Å². The molecule has 5 nitrogen and oxygen atoms in total. The van der Waals surface area contributed by atoms with Gasteiger partial charge in [0.1, 0.15) is 5.76 Å². The molecular weight excluding hydrogens is 304 g/mol. The van der Waals surface area contributed by atoms with Gasteiger partial charge in [-0.25, -0.2) is 4.98 Å². The lowest BCUT2D eigenvalue weighted by molar-refractivity contribution is 0.0644. The Balaban J connectivity index is 1.82. The van der Waals surface area contributed by atoms with Crippen LogP contribution in [-0.2, 0) is 6.54 Å². The van der Waals surface area contributed by atoms with Gasteiger partial charge in [-0.2, -0.15) is 0 Å². The largest absolute Gasteiger partial charge is 0.441 e. The summed E-state index contributed by atoms with van der Waals surface area (Å²) in [5.74, 6) is 1.37. The Labute approximate surface area is 141 Å². The molecule has 0 aliphatic heterocycles. The number of hydrogen-bond acceptors (Lipinski definition) is 5. The highest BCUT2D eigenvalue weighted by Gasteiger charge is 2.15. The number of aromatic nitrogens is 1. The monoisotopic (exact) mass is 326 g/mol. The van der Waals surface area contributed by atoms with Gasteiger partial charge in [0.15, 0.2) is 0 Å². The molecule has 0 radical (unpaired) electrons. The van der Waals surface area contributed by atoms with E-state index in [2.05, 4.69) is 29.2 Å². The van der Waals surface area contributed by atoms with E-state index in [1.165, 1.54) is 5.39 Å². The topological polar surface area (TPSA) is 69.7 Å². The smallest absolute Gasteiger partial charge is 0.226 e. The average molecular weight is 326 g/mol. The number of oxazole rings is 1. The molecule has 24 heavy (non-hydrogen) atoms. The summed E-state index contributed by atoms with van der Waals surface area (Å²) < 4.78 is 5.83. The lowest BCUT2D eigenvalue weighted by Crippen LogP contribution is -2.31. The minimum atomic E-state index is -0.748. The summed E-state index contributed by atoms with van der Waals surface area (Å²) in [7, 11) is 1.88. The van der Waals surface area contributed by atoms with Crippen LogP contribution in [0.3, 0.4) is 0 Å². The summed E-state index contributed by atoms with van der Waals surface area (Å²) in [5.41, 5.74) is 1.78. The highest BCUT2D eigenvalue weighted by atomic mass is 16.4. The van der Waals surface area contributed by atoms with Gasteiger partial charge >= 0.3 is 0 Å². The Bertz CT molecular complexity index is 828. The first-order valence-electron chi connectivity index (χ1n) is 7.99. The number of likely N-dealkylation sites (N-methyl/N-ethyl adjacent to an activating group) is 1. The van der Waals surface area contributed by atoms with Crippen molar-refractivity contribution in [1.29, 1.82) is 0 Å². The van der Waals surface area contributed by atoms with Gasteiger partial charge in [0.05, 0.1) is 18.4 Å². The van der Waals surface area contributed by atoms with Crippen molar-refractivity contribution in [2.45, 2.75) is 19.6 Å². The summed E-state index contributed by atoms with van der Waals surface area (Å²) >= 11 is 0. The van der Waals surface area contributed by atoms with Crippen molar-refractivity contribution in [2.75, 3.05) is 20.2 Å². The van der Waals surface area contributed by atoms with Gasteiger partial charge < -0.3 is 14.6 Å². The Hall–Kier alpha value is -2.21. The van der Waals surface area contributed by atoms with Crippen LogP contribution in [-0.4, -0.2) is 46.4 Å². The van der Waals surface area contributed by atoms with E-state index >= 15 is 0 Å². The lowest BCUT2D eigenvalue weighted by atomic mass is 10.1. The number of aliphatic hydroxyl groups excluding tert-OH is 2. The first-order chi connectivity index (χ1) is 11.6. The predicted molar refractivity (Wildman–Crippen MR) is 93.6 cm³/mol. The van der Waals surface area contributed by atoms with Gasteiger partial charge in [0, 0.05) is 18.7 Å². The van der Waals surface area contributed by atoms with E-state index < -0.39 is 6.10 Å². The van der Waals surface area contributed by atoms with Crippen molar-refractivity contribution in [2.24, 2.45) is 0 Å². The number of hydrogen-bond donors (Lipinski definition) is 2. The van der Waals surface area contributed by atoms with E-state index in [4.69, 9.17) is 9.52 Å². The Morgan fingerprint density at radius 1 is 1.17 bits per heavy atom. The molecule has 2 N–H and O–H groups in total. The third-order valence-electron chi connectivity index (χ3n) is 4.04. The molecule has 0 bridgehead atoms. The van der Waals surface area contributed by atoms with Gasteiger partial charge in [-0.05, 0) is 36.9 Å². The fraction of sp³-hybridized carbons (Fsp3) is 0.316. The average Bonchev–Trinajstić information content (AvgIpc) is 2.94. The number of rotatable bonds is 6. The molecular formula is C19H22N2O3. The van der Waals surface area contributed by atoms with Crippen LogP contribution in [0.25, 0.3) is 22.2 Å². The second kappa shape index (κ2) is 7.13. The summed E-state index contributed by atoms with van der Waals surface area (Å²) in [6.45, 7) is 2.59. The Kier molecular flexibility index (Phi) is 4.94. The Morgan fingerprint density at radius 2 is 1.92 bits per heavy atom. The van der Waals surface area contributed by atoms with Gasteiger partial charge in [0.25, 0.3) is 0 Å². The maximum atomic E-state index is 9.52. The number of benzene rings is 2. The van der Waals surface area contributed by atoms with Crippen molar-refractivity contribution < 1.29 is 14.6 Å². The van der Waals surface area contributed by atoms with Crippen molar-refractivity contribution in [3.05, 3.63) is 53.9 Å². The van der Waals surface area contributed by atoms with Crippen LogP contribution in [0.15, 0.2) is 46.9 Å². The van der Waals surface area contributed by atoms with Crippen LogP contribution in [0.5, 0.6) is 0 Å². The SMILES string of the molecule is Cc1oc(-c2ccc3ccccc3c2)nc1CN(C)C[C@@H](O)CO. The van der Waals surface area contributed by atoms with E-state index in [0.717, 1.165) is 22.4 Å². The zero-order valence-corrected chi connectivity index (χ0v) is 13.9. The lowest BCUT2D eigenvalue weighted by Gasteiger charge is -2.18. The molecule has 0 saturated carbocycles. The molecule has 5 heteroatoms. The first kappa shape index (κ1) is 16.6. The van der Waals surface area contributed by atoms with Crippen molar-refractivity contribution in [1.82, 2.24) is 9.88 Å². The van der Waals surface area contributed by atoms with Crippen molar-refractivity contribution in [3.8, 4) is 11.5 Å². The summed E-state index contributed by atoms with van der Waals surface area (Å²) in [5, 5.41) is 20.8. The zero-order valence-electron chi connectivity index (χ0n) is 13.9. The second-order valence-electron chi connectivity index (χ2n) is 6.12. The predicted octanol–water partition coefficient (Wildman–Crippen LogP) is 2.59. The molecule has 0 aliphatic rings. The number of aliphatic hydroxyl groups is 2. The molecule has 2 aromatic carbocycles. The van der Waals surface area contributed by atoms with E-state index in [1.54, 1.807) is 0 Å². The fourth-order valence-electron chi connectivity index (χ4n) is 2.76. The molecule has 0 amide bonds. The zero-order chi connectivity index (χ0) is 17.1. The van der Waals surface area contributed by atoms with Gasteiger partial charge in [-0.1, -0.05) is 30.3 Å². The molecule has 3 aromatic rings. The van der Waals surface area contributed by atoms with Crippen LogP contribution in [0.4, 0.5) is 0 Å². The van der Waals surface area contributed by atoms with Crippen LogP contribution in [0, 0.1) is 6.92 Å². The van der Waals surface area contributed by atoms with E-state index in [1.807, 2.05) is 37.1 Å². The maximum absolute atomic E-state index is 9.52. The number of aryl methyl sites for hydroxylation is 1. The van der Waals surface area contributed by atoms with E-state index in [9.17, 15) is 5.11 Å². The van der Waals surface area contributed by atoms with Crippen molar-refractivity contribution in [3.63, 3.8) is 0 Å². The normalized spacial score (nSPS) is 12.9. The second-order valence-corrected chi connectivity index (χ2v) is 6.12. The van der Waals surface area contributed by atoms with Gasteiger partial charge in [-0.3, -0.25) is 4.90 Å². The molecule has 0 aliphatic carbocycles. The molecule has 1 atom stereocenters. The third kappa shape index (κ3) is 3.64. The van der Waals surface area contributed by atoms with E-state index in [0.29, 0.717) is 19.0 Å². The van der Waals surface area contributed by atoms with Gasteiger partial charge in [-0.15, -0.1) is 0 Å². The molecule has 0 saturated heterocycles. The van der Waals surface area contributed by atoms with Crippen LogP contribution < -0.4 is 0 Å². The highest BCUT2D eigenvalue weighted by molar-refractivity contribution is 5.86. The standard InChI is InChI=1S/C19H22N2O3/c1-13-18(11-21(2)10-17(23)12-22)20-19(24-13)16-8-7-14-5-3-4-6-15(14)9-16/h3-9,17,22-23H,10-12H2,1-2H3/t17-/m1/s1. The summed E-state index contributed by atoms with van der Waals surface area (Å²) in [6.07, 6.45) is -0.748.